The van der Waals surface area contributed by atoms with Gasteiger partial charge in [0.25, 0.3) is 0 Å². The topological polar surface area (TPSA) is 49.4 Å². The zero-order valence-corrected chi connectivity index (χ0v) is 9.21. The standard InChI is InChI=1S/C10H12N2O2S/c1-7(13)12-5-4-11-10(14)9(12)8-3-2-6-15-8/h2-3,6,9H,4-5H2,1H3,(H,11,14). The SMILES string of the molecule is CC(=O)N1CCNC(=O)C1c1cccs1. The van der Waals surface area contributed by atoms with Crippen LogP contribution in [0.3, 0.4) is 0 Å². The number of thiophene rings is 1. The average molecular weight is 224 g/mol. The molecular weight excluding hydrogens is 212 g/mol. The number of hydrogen-bond acceptors (Lipinski definition) is 3. The van der Waals surface area contributed by atoms with Crippen LogP contribution in [0, 0.1) is 0 Å². The quantitative estimate of drug-likeness (QED) is 0.766. The normalized spacial score (nSPS) is 21.3. The van der Waals surface area contributed by atoms with Crippen LogP contribution in [-0.4, -0.2) is 29.8 Å². The van der Waals surface area contributed by atoms with E-state index in [0.717, 1.165) is 4.88 Å². The maximum absolute atomic E-state index is 11.7. The number of amides is 2. The van der Waals surface area contributed by atoms with Crippen molar-refractivity contribution in [1.82, 2.24) is 10.2 Å². The van der Waals surface area contributed by atoms with Crippen molar-refractivity contribution >= 4 is 23.2 Å². The molecule has 0 bridgehead atoms. The Labute approximate surface area is 91.9 Å². The fourth-order valence-electron chi connectivity index (χ4n) is 1.74. The summed E-state index contributed by atoms with van der Waals surface area (Å²) in [4.78, 5) is 25.6. The van der Waals surface area contributed by atoms with Crippen LogP contribution in [-0.2, 0) is 9.59 Å². The van der Waals surface area contributed by atoms with Gasteiger partial charge in [-0.25, -0.2) is 0 Å². The summed E-state index contributed by atoms with van der Waals surface area (Å²) in [7, 11) is 0. The second-order valence-corrected chi connectivity index (χ2v) is 4.40. The Morgan fingerprint density at radius 1 is 1.67 bits per heavy atom. The van der Waals surface area contributed by atoms with Crippen molar-refractivity contribution in [3.63, 3.8) is 0 Å². The minimum atomic E-state index is -0.434. The number of carbonyl (C=O) groups excluding carboxylic acids is 2. The third-order valence-corrected chi connectivity index (χ3v) is 3.35. The van der Waals surface area contributed by atoms with Crippen molar-refractivity contribution in [2.24, 2.45) is 0 Å². The van der Waals surface area contributed by atoms with Crippen molar-refractivity contribution in [3.05, 3.63) is 22.4 Å². The summed E-state index contributed by atoms with van der Waals surface area (Å²) in [6, 6.07) is 3.34. The van der Waals surface area contributed by atoms with E-state index in [4.69, 9.17) is 0 Å². The zero-order valence-electron chi connectivity index (χ0n) is 8.40. The van der Waals surface area contributed by atoms with Crippen LogP contribution in [0.2, 0.25) is 0 Å². The summed E-state index contributed by atoms with van der Waals surface area (Å²) in [5, 5.41) is 4.69. The molecule has 1 saturated heterocycles. The first kappa shape index (κ1) is 10.2. The predicted octanol–water partition coefficient (Wildman–Crippen LogP) is 0.767. The Bertz CT molecular complexity index is 375. The summed E-state index contributed by atoms with van der Waals surface area (Å²) >= 11 is 1.50. The molecule has 0 radical (unpaired) electrons. The molecule has 1 N–H and O–H groups in total. The number of hydrogen-bond donors (Lipinski definition) is 1. The van der Waals surface area contributed by atoms with E-state index in [1.54, 1.807) is 4.90 Å². The summed E-state index contributed by atoms with van der Waals surface area (Å²) in [5.74, 6) is -0.137. The molecule has 1 aromatic heterocycles. The average Bonchev–Trinajstić information content (AvgIpc) is 2.70. The van der Waals surface area contributed by atoms with Crippen molar-refractivity contribution in [1.29, 1.82) is 0 Å². The summed E-state index contributed by atoms with van der Waals surface area (Å²) < 4.78 is 0. The largest absolute Gasteiger partial charge is 0.352 e. The Balaban J connectivity index is 2.31. The highest BCUT2D eigenvalue weighted by atomic mass is 32.1. The number of nitrogens with zero attached hydrogens (tertiary/aromatic N) is 1. The molecule has 1 aliphatic rings. The van der Waals surface area contributed by atoms with Gasteiger partial charge < -0.3 is 10.2 Å². The first-order valence-electron chi connectivity index (χ1n) is 4.78. The number of carbonyl (C=O) groups is 2. The molecule has 1 atom stereocenters. The molecule has 15 heavy (non-hydrogen) atoms. The zero-order chi connectivity index (χ0) is 10.8. The molecule has 1 unspecified atom stereocenters. The van der Waals surface area contributed by atoms with Crippen LogP contribution < -0.4 is 5.32 Å². The lowest BCUT2D eigenvalue weighted by Gasteiger charge is -2.33. The molecule has 4 nitrogen and oxygen atoms in total. The summed E-state index contributed by atoms with van der Waals surface area (Å²) in [5.41, 5.74) is 0. The highest BCUT2D eigenvalue weighted by molar-refractivity contribution is 7.10. The van der Waals surface area contributed by atoms with E-state index >= 15 is 0 Å². The minimum Gasteiger partial charge on any atom is -0.352 e. The first-order valence-corrected chi connectivity index (χ1v) is 5.66. The van der Waals surface area contributed by atoms with E-state index in [-0.39, 0.29) is 11.8 Å². The van der Waals surface area contributed by atoms with Gasteiger partial charge in [-0.3, -0.25) is 9.59 Å². The number of piperazine rings is 1. The fraction of sp³-hybridized carbons (Fsp3) is 0.400. The lowest BCUT2D eigenvalue weighted by Crippen LogP contribution is -2.51. The van der Waals surface area contributed by atoms with Crippen molar-refractivity contribution < 1.29 is 9.59 Å². The highest BCUT2D eigenvalue weighted by Gasteiger charge is 2.33. The molecule has 0 spiro atoms. The van der Waals surface area contributed by atoms with Gasteiger partial charge in [-0.1, -0.05) is 6.07 Å². The maximum Gasteiger partial charge on any atom is 0.248 e. The smallest absolute Gasteiger partial charge is 0.248 e. The van der Waals surface area contributed by atoms with Gasteiger partial charge >= 0.3 is 0 Å². The van der Waals surface area contributed by atoms with Crippen LogP contribution in [0.4, 0.5) is 0 Å². The van der Waals surface area contributed by atoms with Crippen molar-refractivity contribution in [2.45, 2.75) is 13.0 Å². The van der Waals surface area contributed by atoms with Gasteiger partial charge in [-0.15, -0.1) is 11.3 Å². The monoisotopic (exact) mass is 224 g/mol. The van der Waals surface area contributed by atoms with Crippen LogP contribution in [0.25, 0.3) is 0 Å². The molecule has 2 heterocycles. The van der Waals surface area contributed by atoms with Gasteiger partial charge in [0.2, 0.25) is 11.8 Å². The Hall–Kier alpha value is -1.36. The summed E-state index contributed by atoms with van der Waals surface area (Å²) in [6.07, 6.45) is 0. The predicted molar refractivity (Wildman–Crippen MR) is 57.5 cm³/mol. The molecule has 1 fully saturated rings. The number of nitrogens with one attached hydrogen (secondary N) is 1. The fourth-order valence-corrected chi connectivity index (χ4v) is 2.57. The Morgan fingerprint density at radius 2 is 2.47 bits per heavy atom. The van der Waals surface area contributed by atoms with Crippen molar-refractivity contribution in [2.75, 3.05) is 13.1 Å². The Kier molecular flexibility index (Phi) is 2.73. The minimum absolute atomic E-state index is 0.0525. The van der Waals surface area contributed by atoms with Crippen molar-refractivity contribution in [3.8, 4) is 0 Å². The first-order chi connectivity index (χ1) is 7.20. The van der Waals surface area contributed by atoms with Crippen LogP contribution >= 0.6 is 11.3 Å². The lowest BCUT2D eigenvalue weighted by atomic mass is 10.1. The second kappa shape index (κ2) is 4.02. The lowest BCUT2D eigenvalue weighted by molar-refractivity contribution is -0.141. The molecule has 0 aromatic carbocycles. The summed E-state index contributed by atoms with van der Waals surface area (Å²) in [6.45, 7) is 2.63. The Morgan fingerprint density at radius 3 is 3.07 bits per heavy atom. The maximum atomic E-state index is 11.7. The van der Waals surface area contributed by atoms with Gasteiger partial charge in [0.1, 0.15) is 6.04 Å². The van der Waals surface area contributed by atoms with Gasteiger partial charge in [0.05, 0.1) is 0 Å². The van der Waals surface area contributed by atoms with E-state index in [9.17, 15) is 9.59 Å². The molecule has 5 heteroatoms. The van der Waals surface area contributed by atoms with Gasteiger partial charge in [0.15, 0.2) is 0 Å². The molecule has 1 aromatic rings. The van der Waals surface area contributed by atoms with E-state index in [0.29, 0.717) is 13.1 Å². The van der Waals surface area contributed by atoms with Gasteiger partial charge in [-0.05, 0) is 11.4 Å². The van der Waals surface area contributed by atoms with E-state index in [1.165, 1.54) is 18.3 Å². The third-order valence-electron chi connectivity index (χ3n) is 2.43. The van der Waals surface area contributed by atoms with Gasteiger partial charge in [0, 0.05) is 24.9 Å². The molecule has 2 amide bonds. The van der Waals surface area contributed by atoms with Crippen LogP contribution in [0.15, 0.2) is 17.5 Å². The molecule has 80 valence electrons. The molecular formula is C10H12N2O2S. The second-order valence-electron chi connectivity index (χ2n) is 3.42. The highest BCUT2D eigenvalue weighted by Crippen LogP contribution is 2.26. The van der Waals surface area contributed by atoms with Crippen LogP contribution in [0.1, 0.15) is 17.8 Å². The van der Waals surface area contributed by atoms with Crippen LogP contribution in [0.5, 0.6) is 0 Å². The molecule has 0 saturated carbocycles. The van der Waals surface area contributed by atoms with Gasteiger partial charge in [-0.2, -0.15) is 0 Å². The van der Waals surface area contributed by atoms with E-state index in [2.05, 4.69) is 5.32 Å². The molecule has 1 aliphatic heterocycles. The van der Waals surface area contributed by atoms with E-state index in [1.807, 2.05) is 17.5 Å². The molecule has 0 aliphatic carbocycles. The van der Waals surface area contributed by atoms with E-state index < -0.39 is 6.04 Å². The molecule has 2 rings (SSSR count). The number of rotatable bonds is 1. The third kappa shape index (κ3) is 1.87.